The van der Waals surface area contributed by atoms with Crippen LogP contribution in [0, 0.1) is 5.82 Å². The SMILES string of the molecule is CC1NC(c2ccc(F)cc2)N(C2CCC2)C1=O. The number of nitrogens with one attached hydrogen (secondary N) is 1. The molecule has 2 aliphatic rings. The molecule has 18 heavy (non-hydrogen) atoms. The van der Waals surface area contributed by atoms with Crippen molar-refractivity contribution in [1.29, 1.82) is 0 Å². The predicted octanol–water partition coefficient (Wildman–Crippen LogP) is 2.20. The lowest BCUT2D eigenvalue weighted by molar-refractivity contribution is -0.133. The Morgan fingerprint density at radius 2 is 1.94 bits per heavy atom. The highest BCUT2D eigenvalue weighted by molar-refractivity contribution is 5.84. The minimum absolute atomic E-state index is 0.0987. The number of rotatable bonds is 2. The molecule has 1 aliphatic carbocycles. The monoisotopic (exact) mass is 248 g/mol. The van der Waals surface area contributed by atoms with Crippen LogP contribution in [0.2, 0.25) is 0 Å². The molecule has 96 valence electrons. The zero-order valence-corrected chi connectivity index (χ0v) is 10.4. The lowest BCUT2D eigenvalue weighted by Gasteiger charge is -2.38. The Morgan fingerprint density at radius 1 is 1.28 bits per heavy atom. The summed E-state index contributed by atoms with van der Waals surface area (Å²) in [5.41, 5.74) is 0.959. The fourth-order valence-electron chi connectivity index (χ4n) is 2.70. The molecule has 1 aromatic carbocycles. The van der Waals surface area contributed by atoms with E-state index >= 15 is 0 Å². The molecule has 3 nitrogen and oxygen atoms in total. The van der Waals surface area contributed by atoms with E-state index in [4.69, 9.17) is 0 Å². The second-order valence-electron chi connectivity index (χ2n) is 5.17. The molecule has 0 aromatic heterocycles. The summed E-state index contributed by atoms with van der Waals surface area (Å²) < 4.78 is 13.0. The number of hydrogen-bond acceptors (Lipinski definition) is 2. The number of carbonyl (C=O) groups is 1. The summed E-state index contributed by atoms with van der Waals surface area (Å²) in [5.74, 6) is -0.0830. The van der Waals surface area contributed by atoms with E-state index < -0.39 is 0 Å². The summed E-state index contributed by atoms with van der Waals surface area (Å²) in [5, 5.41) is 3.29. The molecule has 1 saturated heterocycles. The van der Waals surface area contributed by atoms with E-state index in [1.165, 1.54) is 18.6 Å². The van der Waals surface area contributed by atoms with Crippen LogP contribution in [0.4, 0.5) is 4.39 Å². The van der Waals surface area contributed by atoms with Gasteiger partial charge in [-0.3, -0.25) is 10.1 Å². The van der Waals surface area contributed by atoms with Gasteiger partial charge in [0.15, 0.2) is 0 Å². The molecule has 0 bridgehead atoms. The number of benzene rings is 1. The zero-order valence-electron chi connectivity index (χ0n) is 10.4. The van der Waals surface area contributed by atoms with Crippen LogP contribution < -0.4 is 5.32 Å². The van der Waals surface area contributed by atoms with Gasteiger partial charge in [0.05, 0.1) is 6.04 Å². The Hall–Kier alpha value is -1.42. The minimum atomic E-state index is -0.244. The van der Waals surface area contributed by atoms with Gasteiger partial charge in [-0.1, -0.05) is 12.1 Å². The van der Waals surface area contributed by atoms with Gasteiger partial charge in [0, 0.05) is 6.04 Å². The number of carbonyl (C=O) groups excluding carboxylic acids is 1. The fraction of sp³-hybridized carbons (Fsp3) is 0.500. The van der Waals surface area contributed by atoms with E-state index in [-0.39, 0.29) is 23.9 Å². The Balaban J connectivity index is 1.89. The first-order chi connectivity index (χ1) is 8.66. The lowest BCUT2D eigenvalue weighted by atomic mass is 9.90. The summed E-state index contributed by atoms with van der Waals surface area (Å²) in [4.78, 5) is 14.1. The van der Waals surface area contributed by atoms with E-state index in [2.05, 4.69) is 5.32 Å². The first kappa shape index (κ1) is 11.7. The van der Waals surface area contributed by atoms with Crippen molar-refractivity contribution in [1.82, 2.24) is 10.2 Å². The van der Waals surface area contributed by atoms with E-state index in [9.17, 15) is 9.18 Å². The van der Waals surface area contributed by atoms with Gasteiger partial charge < -0.3 is 4.90 Å². The first-order valence-corrected chi connectivity index (χ1v) is 6.50. The van der Waals surface area contributed by atoms with Crippen molar-refractivity contribution >= 4 is 5.91 Å². The lowest BCUT2D eigenvalue weighted by Crippen LogP contribution is -2.43. The van der Waals surface area contributed by atoms with Crippen LogP contribution in [0.1, 0.15) is 37.9 Å². The average molecular weight is 248 g/mol. The third kappa shape index (κ3) is 1.81. The van der Waals surface area contributed by atoms with Gasteiger partial charge in [0.1, 0.15) is 12.0 Å². The normalized spacial score (nSPS) is 28.6. The second-order valence-corrected chi connectivity index (χ2v) is 5.17. The summed E-state index contributed by atoms with van der Waals surface area (Å²) in [6, 6.07) is 6.60. The van der Waals surface area contributed by atoms with Gasteiger partial charge >= 0.3 is 0 Å². The van der Waals surface area contributed by atoms with Crippen LogP contribution in [0.25, 0.3) is 0 Å². The highest BCUT2D eigenvalue weighted by Crippen LogP contribution is 2.35. The van der Waals surface area contributed by atoms with E-state index in [1.807, 2.05) is 11.8 Å². The molecule has 1 amide bonds. The maximum Gasteiger partial charge on any atom is 0.241 e. The van der Waals surface area contributed by atoms with Crippen LogP contribution in [0.3, 0.4) is 0 Å². The van der Waals surface area contributed by atoms with E-state index in [0.29, 0.717) is 6.04 Å². The molecule has 1 aromatic rings. The third-order valence-electron chi connectivity index (χ3n) is 3.96. The van der Waals surface area contributed by atoms with Crippen molar-refractivity contribution in [2.24, 2.45) is 0 Å². The number of hydrogen-bond donors (Lipinski definition) is 1. The standard InChI is InChI=1S/C14H17FN2O/c1-9-14(18)17(12-3-2-4-12)13(16-9)10-5-7-11(15)8-6-10/h5-9,12-13,16H,2-4H2,1H3. The Morgan fingerprint density at radius 3 is 2.50 bits per heavy atom. The predicted molar refractivity (Wildman–Crippen MR) is 66.2 cm³/mol. The van der Waals surface area contributed by atoms with Crippen LogP contribution in [0.5, 0.6) is 0 Å². The molecule has 2 atom stereocenters. The molecule has 2 fully saturated rings. The molecular weight excluding hydrogens is 231 g/mol. The highest BCUT2D eigenvalue weighted by atomic mass is 19.1. The zero-order chi connectivity index (χ0) is 12.7. The Kier molecular flexibility index (Phi) is 2.82. The molecule has 1 heterocycles. The van der Waals surface area contributed by atoms with Crippen molar-refractivity contribution in [3.05, 3.63) is 35.6 Å². The largest absolute Gasteiger partial charge is 0.319 e. The average Bonchev–Trinajstić information content (AvgIpc) is 2.57. The van der Waals surface area contributed by atoms with Gasteiger partial charge in [-0.15, -0.1) is 0 Å². The van der Waals surface area contributed by atoms with Gasteiger partial charge in [0.2, 0.25) is 5.91 Å². The van der Waals surface area contributed by atoms with E-state index in [0.717, 1.165) is 18.4 Å². The smallest absolute Gasteiger partial charge is 0.241 e. The van der Waals surface area contributed by atoms with Gasteiger partial charge in [-0.25, -0.2) is 4.39 Å². The molecule has 2 unspecified atom stereocenters. The molecule has 3 rings (SSSR count). The molecule has 0 spiro atoms. The van der Waals surface area contributed by atoms with Crippen LogP contribution >= 0.6 is 0 Å². The van der Waals surface area contributed by atoms with E-state index in [1.54, 1.807) is 12.1 Å². The van der Waals surface area contributed by atoms with Crippen LogP contribution in [-0.2, 0) is 4.79 Å². The minimum Gasteiger partial charge on any atom is -0.319 e. The van der Waals surface area contributed by atoms with Crippen molar-refractivity contribution in [3.8, 4) is 0 Å². The quantitative estimate of drug-likeness (QED) is 0.870. The molecule has 1 saturated carbocycles. The van der Waals surface area contributed by atoms with Crippen LogP contribution in [-0.4, -0.2) is 22.9 Å². The molecular formula is C14H17FN2O. The number of halogens is 1. The second kappa shape index (κ2) is 4.35. The van der Waals surface area contributed by atoms with Crippen molar-refractivity contribution in [2.75, 3.05) is 0 Å². The van der Waals surface area contributed by atoms with Gasteiger partial charge in [-0.2, -0.15) is 0 Å². The molecule has 1 aliphatic heterocycles. The topological polar surface area (TPSA) is 32.3 Å². The summed E-state index contributed by atoms with van der Waals surface area (Å²) in [6.07, 6.45) is 3.26. The van der Waals surface area contributed by atoms with Crippen molar-refractivity contribution in [2.45, 2.75) is 44.4 Å². The Labute approximate surface area is 106 Å². The van der Waals surface area contributed by atoms with Gasteiger partial charge in [-0.05, 0) is 43.9 Å². The summed E-state index contributed by atoms with van der Waals surface area (Å²) >= 11 is 0. The first-order valence-electron chi connectivity index (χ1n) is 6.50. The maximum atomic E-state index is 13.0. The van der Waals surface area contributed by atoms with Crippen molar-refractivity contribution in [3.63, 3.8) is 0 Å². The van der Waals surface area contributed by atoms with Crippen LogP contribution in [0.15, 0.2) is 24.3 Å². The third-order valence-corrected chi connectivity index (χ3v) is 3.96. The molecule has 1 N–H and O–H groups in total. The maximum absolute atomic E-state index is 13.0. The summed E-state index contributed by atoms with van der Waals surface area (Å²) in [7, 11) is 0. The fourth-order valence-corrected chi connectivity index (χ4v) is 2.70. The highest BCUT2D eigenvalue weighted by Gasteiger charge is 2.42. The molecule has 4 heteroatoms. The molecule has 0 radical (unpaired) electrons. The summed E-state index contributed by atoms with van der Waals surface area (Å²) in [6.45, 7) is 1.89. The van der Waals surface area contributed by atoms with Crippen molar-refractivity contribution < 1.29 is 9.18 Å². The Bertz CT molecular complexity index is 455. The van der Waals surface area contributed by atoms with Gasteiger partial charge in [0.25, 0.3) is 0 Å². The number of amides is 1. The number of nitrogens with zero attached hydrogens (tertiary/aromatic N) is 1.